The molecule has 0 aromatic carbocycles. The predicted octanol–water partition coefficient (Wildman–Crippen LogP) is 2.08. The molecule has 1 amide bonds. The summed E-state index contributed by atoms with van der Waals surface area (Å²) in [5, 5.41) is 10.2. The van der Waals surface area contributed by atoms with Crippen LogP contribution in [0, 0.1) is 0 Å². The molecule has 1 atom stereocenters. The van der Waals surface area contributed by atoms with Crippen molar-refractivity contribution < 1.29 is 14.3 Å². The van der Waals surface area contributed by atoms with E-state index in [0.717, 1.165) is 4.34 Å². The largest absolute Gasteiger partial charge is 0.475 e. The average Bonchev–Trinajstić information content (AvgIpc) is 3.02. The van der Waals surface area contributed by atoms with Crippen molar-refractivity contribution in [3.63, 3.8) is 0 Å². The summed E-state index contributed by atoms with van der Waals surface area (Å²) in [4.78, 5) is 16.2. The van der Waals surface area contributed by atoms with E-state index in [1.807, 2.05) is 6.92 Å². The van der Waals surface area contributed by atoms with Crippen LogP contribution in [-0.4, -0.2) is 46.7 Å². The third-order valence-electron chi connectivity index (χ3n) is 2.53. The van der Waals surface area contributed by atoms with Crippen LogP contribution in [0.4, 0.5) is 5.69 Å². The third kappa shape index (κ3) is 5.24. The van der Waals surface area contributed by atoms with E-state index in [4.69, 9.17) is 9.47 Å². The van der Waals surface area contributed by atoms with Crippen LogP contribution in [-0.2, 0) is 9.53 Å². The highest BCUT2D eigenvalue weighted by Gasteiger charge is 2.16. The Bertz CT molecular complexity index is 577. The maximum atomic E-state index is 12.1. The molecule has 0 spiro atoms. The van der Waals surface area contributed by atoms with Crippen molar-refractivity contribution in [2.75, 3.05) is 25.6 Å². The molecular formula is C13H16N4O3S2. The molecule has 118 valence electrons. The fraction of sp³-hybridized carbons (Fsp3) is 0.385. The second kappa shape index (κ2) is 8.66. The summed E-state index contributed by atoms with van der Waals surface area (Å²) >= 11 is 2.78. The van der Waals surface area contributed by atoms with Gasteiger partial charge in [-0.25, -0.2) is 4.98 Å². The van der Waals surface area contributed by atoms with Crippen LogP contribution in [0.1, 0.15) is 6.92 Å². The highest BCUT2D eigenvalue weighted by Crippen LogP contribution is 2.25. The molecule has 9 heteroatoms. The number of aromatic nitrogens is 3. The SMILES string of the molecule is COCCOc1ccc(NC(=O)C(C)Sc2nncs2)cn1. The Morgan fingerprint density at radius 1 is 1.45 bits per heavy atom. The van der Waals surface area contributed by atoms with E-state index >= 15 is 0 Å². The van der Waals surface area contributed by atoms with Crippen molar-refractivity contribution >= 4 is 34.7 Å². The second-order valence-electron chi connectivity index (χ2n) is 4.18. The molecule has 7 nitrogen and oxygen atoms in total. The molecule has 22 heavy (non-hydrogen) atoms. The van der Waals surface area contributed by atoms with Crippen LogP contribution in [0.5, 0.6) is 5.88 Å². The number of carbonyl (C=O) groups excluding carboxylic acids is 1. The number of pyridine rings is 1. The van der Waals surface area contributed by atoms with Gasteiger partial charge >= 0.3 is 0 Å². The number of methoxy groups -OCH3 is 1. The number of carbonyl (C=O) groups is 1. The lowest BCUT2D eigenvalue weighted by Crippen LogP contribution is -2.22. The monoisotopic (exact) mass is 340 g/mol. The Morgan fingerprint density at radius 2 is 2.32 bits per heavy atom. The second-order valence-corrected chi connectivity index (χ2v) is 6.60. The number of nitrogens with zero attached hydrogens (tertiary/aromatic N) is 3. The summed E-state index contributed by atoms with van der Waals surface area (Å²) in [6.45, 7) is 2.75. The van der Waals surface area contributed by atoms with E-state index in [1.54, 1.807) is 30.9 Å². The minimum absolute atomic E-state index is 0.116. The Hall–Kier alpha value is -1.71. The van der Waals surface area contributed by atoms with Gasteiger partial charge in [-0.3, -0.25) is 4.79 Å². The summed E-state index contributed by atoms with van der Waals surface area (Å²) in [7, 11) is 1.61. The highest BCUT2D eigenvalue weighted by molar-refractivity contribution is 8.02. The number of rotatable bonds is 8. The van der Waals surface area contributed by atoms with Crippen molar-refractivity contribution in [3.05, 3.63) is 23.8 Å². The fourth-order valence-corrected chi connectivity index (χ4v) is 3.06. The molecular weight excluding hydrogens is 324 g/mol. The lowest BCUT2D eigenvalue weighted by molar-refractivity contribution is -0.115. The zero-order valence-electron chi connectivity index (χ0n) is 12.2. The van der Waals surface area contributed by atoms with E-state index in [0.29, 0.717) is 24.8 Å². The average molecular weight is 340 g/mol. The molecule has 0 aliphatic heterocycles. The summed E-state index contributed by atoms with van der Waals surface area (Å²) < 4.78 is 11.0. The van der Waals surface area contributed by atoms with Crippen molar-refractivity contribution in [2.24, 2.45) is 0 Å². The molecule has 0 saturated carbocycles. The smallest absolute Gasteiger partial charge is 0.237 e. The van der Waals surface area contributed by atoms with Gasteiger partial charge in [0.1, 0.15) is 12.1 Å². The molecule has 0 aliphatic rings. The number of hydrogen-bond acceptors (Lipinski definition) is 8. The van der Waals surface area contributed by atoms with Gasteiger partial charge in [0.2, 0.25) is 11.8 Å². The maximum absolute atomic E-state index is 12.1. The zero-order valence-corrected chi connectivity index (χ0v) is 13.8. The molecule has 1 unspecified atom stereocenters. The molecule has 2 aromatic rings. The normalized spacial score (nSPS) is 11.9. The quantitative estimate of drug-likeness (QED) is 0.581. The van der Waals surface area contributed by atoms with Crippen LogP contribution in [0.15, 0.2) is 28.2 Å². The van der Waals surface area contributed by atoms with Crippen molar-refractivity contribution in [1.29, 1.82) is 0 Å². The number of thioether (sulfide) groups is 1. The number of anilines is 1. The van der Waals surface area contributed by atoms with Crippen LogP contribution in [0.3, 0.4) is 0 Å². The van der Waals surface area contributed by atoms with E-state index in [-0.39, 0.29) is 11.2 Å². The summed E-state index contributed by atoms with van der Waals surface area (Å²) in [6.07, 6.45) is 1.56. The first-order valence-electron chi connectivity index (χ1n) is 6.50. The van der Waals surface area contributed by atoms with E-state index in [9.17, 15) is 4.79 Å². The minimum Gasteiger partial charge on any atom is -0.475 e. The summed E-state index contributed by atoms with van der Waals surface area (Å²) in [5.74, 6) is 0.376. The minimum atomic E-state index is -0.273. The lowest BCUT2D eigenvalue weighted by atomic mass is 10.3. The topological polar surface area (TPSA) is 86.2 Å². The number of amides is 1. The van der Waals surface area contributed by atoms with Crippen molar-refractivity contribution in [3.8, 4) is 5.88 Å². The molecule has 0 radical (unpaired) electrons. The van der Waals surface area contributed by atoms with Gasteiger partial charge < -0.3 is 14.8 Å². The Morgan fingerprint density at radius 3 is 2.95 bits per heavy atom. The summed E-state index contributed by atoms with van der Waals surface area (Å²) in [5.41, 5.74) is 2.26. The van der Waals surface area contributed by atoms with Gasteiger partial charge in [-0.15, -0.1) is 10.2 Å². The highest BCUT2D eigenvalue weighted by atomic mass is 32.2. The standard InChI is InChI=1S/C13H16N4O3S2/c1-9(22-13-17-15-8-21-13)12(18)16-10-3-4-11(14-7-10)20-6-5-19-2/h3-4,7-9H,5-6H2,1-2H3,(H,16,18). The molecule has 0 aliphatic carbocycles. The van der Waals surface area contributed by atoms with E-state index in [1.165, 1.54) is 23.1 Å². The molecule has 2 aromatic heterocycles. The van der Waals surface area contributed by atoms with Crippen molar-refractivity contribution in [2.45, 2.75) is 16.5 Å². The van der Waals surface area contributed by atoms with Crippen LogP contribution in [0.25, 0.3) is 0 Å². The molecule has 2 rings (SSSR count). The maximum Gasteiger partial charge on any atom is 0.237 e. The first kappa shape index (κ1) is 16.7. The van der Waals surface area contributed by atoms with Gasteiger partial charge in [0.15, 0.2) is 4.34 Å². The first-order valence-corrected chi connectivity index (χ1v) is 8.26. The summed E-state index contributed by atoms with van der Waals surface area (Å²) in [6, 6.07) is 3.45. The lowest BCUT2D eigenvalue weighted by Gasteiger charge is -2.10. The van der Waals surface area contributed by atoms with Gasteiger partial charge in [-0.2, -0.15) is 0 Å². The molecule has 2 heterocycles. The first-order chi connectivity index (χ1) is 10.7. The third-order valence-corrected chi connectivity index (χ3v) is 4.44. The van der Waals surface area contributed by atoms with Gasteiger partial charge in [0, 0.05) is 13.2 Å². The molecule has 0 saturated heterocycles. The molecule has 1 N–H and O–H groups in total. The van der Waals surface area contributed by atoms with Crippen LogP contribution < -0.4 is 10.1 Å². The number of hydrogen-bond donors (Lipinski definition) is 1. The Kier molecular flexibility index (Phi) is 6.56. The van der Waals surface area contributed by atoms with Crippen molar-refractivity contribution in [1.82, 2.24) is 15.2 Å². The van der Waals surface area contributed by atoms with E-state index < -0.39 is 0 Å². The van der Waals surface area contributed by atoms with E-state index in [2.05, 4.69) is 20.5 Å². The molecule has 0 bridgehead atoms. The fourth-order valence-electron chi connectivity index (χ4n) is 1.43. The number of nitrogens with one attached hydrogen (secondary N) is 1. The zero-order chi connectivity index (χ0) is 15.8. The number of ether oxygens (including phenoxy) is 2. The van der Waals surface area contributed by atoms with Crippen LogP contribution >= 0.6 is 23.1 Å². The van der Waals surface area contributed by atoms with Crippen LogP contribution in [0.2, 0.25) is 0 Å². The Labute approximate surface area is 136 Å². The van der Waals surface area contributed by atoms with Gasteiger partial charge in [0.05, 0.1) is 23.7 Å². The Balaban J connectivity index is 1.83. The predicted molar refractivity (Wildman–Crippen MR) is 85.5 cm³/mol. The van der Waals surface area contributed by atoms with Gasteiger partial charge in [-0.05, 0) is 13.0 Å². The van der Waals surface area contributed by atoms with Gasteiger partial charge in [0.25, 0.3) is 0 Å². The molecule has 0 fully saturated rings. The van der Waals surface area contributed by atoms with Gasteiger partial charge in [-0.1, -0.05) is 23.1 Å².